The van der Waals surface area contributed by atoms with Crippen molar-refractivity contribution in [2.24, 2.45) is 11.1 Å². The Hall–Kier alpha value is -0.860. The van der Waals surface area contributed by atoms with Crippen LogP contribution in [0.3, 0.4) is 0 Å². The summed E-state index contributed by atoms with van der Waals surface area (Å²) in [7, 11) is 0. The zero-order chi connectivity index (χ0) is 12.3. The predicted molar refractivity (Wildman–Crippen MR) is 72.6 cm³/mol. The number of hydrogen-bond donors (Lipinski definition) is 2. The van der Waals surface area contributed by atoms with E-state index < -0.39 is 0 Å². The molecule has 1 aromatic rings. The Morgan fingerprint density at radius 2 is 1.88 bits per heavy atom. The summed E-state index contributed by atoms with van der Waals surface area (Å²) < 4.78 is 0. The molecule has 1 fully saturated rings. The Kier molecular flexibility index (Phi) is 3.85. The highest BCUT2D eigenvalue weighted by Gasteiger charge is 2.30. The summed E-state index contributed by atoms with van der Waals surface area (Å²) in [6.45, 7) is 6.34. The third kappa shape index (κ3) is 3.55. The quantitative estimate of drug-likeness (QED) is 0.837. The second kappa shape index (κ2) is 5.19. The molecule has 1 aromatic carbocycles. The van der Waals surface area contributed by atoms with Gasteiger partial charge in [0.25, 0.3) is 0 Å². The third-order valence-corrected chi connectivity index (χ3v) is 3.82. The van der Waals surface area contributed by atoms with Crippen LogP contribution in [0.1, 0.15) is 44.2 Å². The molecule has 1 saturated carbocycles. The van der Waals surface area contributed by atoms with Gasteiger partial charge < -0.3 is 11.1 Å². The lowest BCUT2D eigenvalue weighted by molar-refractivity contribution is 0.364. The van der Waals surface area contributed by atoms with Gasteiger partial charge in [-0.25, -0.2) is 0 Å². The molecule has 2 rings (SSSR count). The van der Waals surface area contributed by atoms with Crippen molar-refractivity contribution in [2.75, 3.05) is 0 Å². The minimum atomic E-state index is 0.529. The van der Waals surface area contributed by atoms with E-state index in [1.807, 2.05) is 0 Å². The van der Waals surface area contributed by atoms with Gasteiger partial charge in [0.05, 0.1) is 0 Å². The number of nitrogens with two attached hydrogens (primary N) is 1. The van der Waals surface area contributed by atoms with Gasteiger partial charge in [0.15, 0.2) is 0 Å². The van der Waals surface area contributed by atoms with E-state index in [1.165, 1.54) is 30.4 Å². The predicted octanol–water partition coefficient (Wildman–Crippen LogP) is 2.81. The van der Waals surface area contributed by atoms with Crippen LogP contribution in [0, 0.1) is 5.41 Å². The van der Waals surface area contributed by atoms with Gasteiger partial charge in [-0.05, 0) is 35.8 Å². The summed E-state index contributed by atoms with van der Waals surface area (Å²) in [4.78, 5) is 0. The lowest BCUT2D eigenvalue weighted by Crippen LogP contribution is -2.26. The third-order valence-electron chi connectivity index (χ3n) is 3.82. The zero-order valence-electron chi connectivity index (χ0n) is 11.0. The number of rotatable bonds is 4. The Morgan fingerprint density at radius 3 is 2.41 bits per heavy atom. The average molecular weight is 232 g/mol. The Morgan fingerprint density at radius 1 is 1.24 bits per heavy atom. The van der Waals surface area contributed by atoms with Crippen LogP contribution >= 0.6 is 0 Å². The maximum atomic E-state index is 5.59. The minimum absolute atomic E-state index is 0.529. The van der Waals surface area contributed by atoms with Gasteiger partial charge in [0, 0.05) is 19.1 Å². The fraction of sp³-hybridized carbons (Fsp3) is 0.600. The largest absolute Gasteiger partial charge is 0.326 e. The summed E-state index contributed by atoms with van der Waals surface area (Å²) in [6.07, 6.45) is 3.96. The van der Waals surface area contributed by atoms with Crippen molar-refractivity contribution < 1.29 is 0 Å². The molecule has 0 amide bonds. The first-order valence-electron chi connectivity index (χ1n) is 6.60. The second-order valence-electron chi connectivity index (χ2n) is 6.01. The second-order valence-corrected chi connectivity index (χ2v) is 6.01. The molecule has 0 heterocycles. The van der Waals surface area contributed by atoms with E-state index in [4.69, 9.17) is 5.73 Å². The maximum Gasteiger partial charge on any atom is 0.0208 e. The SMILES string of the molecule is CC1(C)CCC(NCc2ccc(CN)cc2)C1. The molecular weight excluding hydrogens is 208 g/mol. The molecule has 0 radical (unpaired) electrons. The molecule has 0 saturated heterocycles. The van der Waals surface area contributed by atoms with Crippen LogP contribution in [-0.4, -0.2) is 6.04 Å². The van der Waals surface area contributed by atoms with Gasteiger partial charge in [0.2, 0.25) is 0 Å². The summed E-state index contributed by atoms with van der Waals surface area (Å²) >= 11 is 0. The zero-order valence-corrected chi connectivity index (χ0v) is 11.0. The van der Waals surface area contributed by atoms with Crippen LogP contribution in [0.25, 0.3) is 0 Å². The normalized spacial score (nSPS) is 22.9. The van der Waals surface area contributed by atoms with Gasteiger partial charge >= 0.3 is 0 Å². The highest BCUT2D eigenvalue weighted by Crippen LogP contribution is 2.36. The molecule has 0 spiro atoms. The van der Waals surface area contributed by atoms with Crippen LogP contribution in [0.4, 0.5) is 0 Å². The van der Waals surface area contributed by atoms with Crippen LogP contribution in [0.15, 0.2) is 24.3 Å². The Balaban J connectivity index is 1.82. The molecule has 1 atom stereocenters. The summed E-state index contributed by atoms with van der Waals surface area (Å²) in [6, 6.07) is 9.29. The summed E-state index contributed by atoms with van der Waals surface area (Å²) in [5.74, 6) is 0. The topological polar surface area (TPSA) is 38.0 Å². The van der Waals surface area contributed by atoms with E-state index in [0.717, 1.165) is 6.54 Å². The lowest BCUT2D eigenvalue weighted by Gasteiger charge is -2.18. The van der Waals surface area contributed by atoms with Crippen molar-refractivity contribution in [3.63, 3.8) is 0 Å². The molecule has 1 aliphatic carbocycles. The first-order valence-corrected chi connectivity index (χ1v) is 6.60. The maximum absolute atomic E-state index is 5.59. The molecule has 0 bridgehead atoms. The first kappa shape index (κ1) is 12.6. The molecule has 3 N–H and O–H groups in total. The molecule has 1 aliphatic rings. The van der Waals surface area contributed by atoms with E-state index in [2.05, 4.69) is 43.4 Å². The fourth-order valence-electron chi connectivity index (χ4n) is 2.67. The highest BCUT2D eigenvalue weighted by molar-refractivity contribution is 5.22. The highest BCUT2D eigenvalue weighted by atomic mass is 14.9. The van der Waals surface area contributed by atoms with Crippen LogP contribution < -0.4 is 11.1 Å². The molecule has 17 heavy (non-hydrogen) atoms. The van der Waals surface area contributed by atoms with E-state index in [-0.39, 0.29) is 0 Å². The molecule has 0 aromatic heterocycles. The van der Waals surface area contributed by atoms with Gasteiger partial charge in [-0.3, -0.25) is 0 Å². The Labute approximate surface area is 105 Å². The number of hydrogen-bond acceptors (Lipinski definition) is 2. The molecule has 94 valence electrons. The lowest BCUT2D eigenvalue weighted by atomic mass is 9.92. The molecule has 0 aliphatic heterocycles. The fourth-order valence-corrected chi connectivity index (χ4v) is 2.67. The van der Waals surface area contributed by atoms with Crippen molar-refractivity contribution >= 4 is 0 Å². The monoisotopic (exact) mass is 232 g/mol. The first-order chi connectivity index (χ1) is 8.09. The van der Waals surface area contributed by atoms with E-state index in [0.29, 0.717) is 18.0 Å². The van der Waals surface area contributed by atoms with Crippen molar-refractivity contribution in [3.8, 4) is 0 Å². The van der Waals surface area contributed by atoms with Crippen LogP contribution in [0.2, 0.25) is 0 Å². The average Bonchev–Trinajstić information content (AvgIpc) is 2.67. The molecule has 1 unspecified atom stereocenters. The van der Waals surface area contributed by atoms with Crippen LogP contribution in [-0.2, 0) is 13.1 Å². The molecule has 2 nitrogen and oxygen atoms in total. The Bertz CT molecular complexity index is 354. The van der Waals surface area contributed by atoms with Gasteiger partial charge in [-0.15, -0.1) is 0 Å². The van der Waals surface area contributed by atoms with E-state index in [9.17, 15) is 0 Å². The van der Waals surface area contributed by atoms with Crippen molar-refractivity contribution in [1.29, 1.82) is 0 Å². The van der Waals surface area contributed by atoms with E-state index in [1.54, 1.807) is 0 Å². The summed E-state index contributed by atoms with van der Waals surface area (Å²) in [5.41, 5.74) is 8.67. The van der Waals surface area contributed by atoms with E-state index >= 15 is 0 Å². The smallest absolute Gasteiger partial charge is 0.0208 e. The minimum Gasteiger partial charge on any atom is -0.326 e. The van der Waals surface area contributed by atoms with Gasteiger partial charge in [-0.1, -0.05) is 38.1 Å². The van der Waals surface area contributed by atoms with Gasteiger partial charge in [0.1, 0.15) is 0 Å². The van der Waals surface area contributed by atoms with Gasteiger partial charge in [-0.2, -0.15) is 0 Å². The number of benzene rings is 1. The molecular formula is C15H24N2. The standard InChI is InChI=1S/C15H24N2/c1-15(2)8-7-14(9-15)17-11-13-5-3-12(10-16)4-6-13/h3-6,14,17H,7-11,16H2,1-2H3. The van der Waals surface area contributed by atoms with Crippen molar-refractivity contribution in [2.45, 2.75) is 52.2 Å². The molecule has 2 heteroatoms. The van der Waals surface area contributed by atoms with Crippen LogP contribution in [0.5, 0.6) is 0 Å². The van der Waals surface area contributed by atoms with Crippen molar-refractivity contribution in [1.82, 2.24) is 5.32 Å². The van der Waals surface area contributed by atoms with Crippen molar-refractivity contribution in [3.05, 3.63) is 35.4 Å². The summed E-state index contributed by atoms with van der Waals surface area (Å²) in [5, 5.41) is 3.66. The number of nitrogens with one attached hydrogen (secondary N) is 1.